The Kier molecular flexibility index (Phi) is 9.03. The molecule has 13 nitrogen and oxygen atoms in total. The molecule has 13 heteroatoms. The predicted molar refractivity (Wildman–Crippen MR) is 132 cm³/mol. The Labute approximate surface area is 229 Å². The number of hydrogen-bond acceptors (Lipinski definition) is 12. The molecule has 0 aromatic heterocycles. The van der Waals surface area contributed by atoms with Crippen molar-refractivity contribution in [3.8, 4) is 0 Å². The average Bonchev–Trinajstić information content (AvgIpc) is 3.14. The molecule has 1 aromatic rings. The molecule has 0 N–H and O–H groups in total. The van der Waals surface area contributed by atoms with E-state index in [2.05, 4.69) is 0 Å². The molecule has 1 saturated carbocycles. The van der Waals surface area contributed by atoms with Crippen molar-refractivity contribution in [1.29, 1.82) is 0 Å². The zero-order chi connectivity index (χ0) is 29.0. The van der Waals surface area contributed by atoms with E-state index in [9.17, 15) is 28.8 Å². The molecule has 2 fully saturated rings. The van der Waals surface area contributed by atoms with Crippen molar-refractivity contribution in [2.75, 3.05) is 6.61 Å². The minimum absolute atomic E-state index is 0.0729. The highest BCUT2D eigenvalue weighted by Crippen LogP contribution is 2.36. The summed E-state index contributed by atoms with van der Waals surface area (Å²) in [6, 6.07) is 4.44. The van der Waals surface area contributed by atoms with Gasteiger partial charge in [0.15, 0.2) is 12.2 Å². The van der Waals surface area contributed by atoms with Crippen molar-refractivity contribution in [2.24, 2.45) is 0 Å². The number of nitrogens with zero attached hydrogens (tertiary/aromatic N) is 1. The number of esters is 3. The van der Waals surface area contributed by atoms with E-state index in [-0.39, 0.29) is 11.1 Å². The standard InChI is InChI=1S/C27H31NO12/c1-14(29)35-13-20-22(36-15(2)30)23(37-16(3)31)21(28-24(32)18-11-7-8-12-19(18)25(28)33)26(39-20)40-27(34)38-17-9-5-4-6-10-17/h7-8,11-12,17,20-23,26H,4-6,9-10,13H2,1-3H3/t20-,21-,22-,23-,26+/m1/s1. The van der Waals surface area contributed by atoms with Crippen molar-refractivity contribution in [2.45, 2.75) is 89.6 Å². The molecule has 5 atom stereocenters. The van der Waals surface area contributed by atoms with Gasteiger partial charge in [0, 0.05) is 20.8 Å². The highest BCUT2D eigenvalue weighted by molar-refractivity contribution is 6.21. The van der Waals surface area contributed by atoms with Crippen molar-refractivity contribution < 1.29 is 57.2 Å². The Balaban J connectivity index is 1.73. The lowest BCUT2D eigenvalue weighted by Crippen LogP contribution is -2.67. The Morgan fingerprint density at radius 3 is 1.93 bits per heavy atom. The second-order valence-electron chi connectivity index (χ2n) is 9.76. The molecule has 0 spiro atoms. The van der Waals surface area contributed by atoms with Crippen LogP contribution in [-0.4, -0.2) is 84.1 Å². The van der Waals surface area contributed by atoms with Crippen LogP contribution in [0.25, 0.3) is 0 Å². The number of ether oxygens (including phenoxy) is 6. The monoisotopic (exact) mass is 561 g/mol. The number of carbonyl (C=O) groups excluding carboxylic acids is 6. The zero-order valence-corrected chi connectivity index (χ0v) is 22.4. The van der Waals surface area contributed by atoms with Gasteiger partial charge >= 0.3 is 24.1 Å². The van der Waals surface area contributed by atoms with Gasteiger partial charge < -0.3 is 28.4 Å². The molecular formula is C27H31NO12. The largest absolute Gasteiger partial charge is 0.510 e. The van der Waals surface area contributed by atoms with Crippen LogP contribution < -0.4 is 0 Å². The van der Waals surface area contributed by atoms with E-state index in [0.29, 0.717) is 12.8 Å². The minimum atomic E-state index is -1.74. The van der Waals surface area contributed by atoms with Gasteiger partial charge in [-0.3, -0.25) is 28.9 Å². The number of hydrogen-bond donors (Lipinski definition) is 0. The summed E-state index contributed by atoms with van der Waals surface area (Å²) in [5.41, 5.74) is 0.146. The Morgan fingerprint density at radius 2 is 1.38 bits per heavy atom. The van der Waals surface area contributed by atoms with Crippen LogP contribution in [0.3, 0.4) is 0 Å². The molecule has 3 aliphatic rings. The first kappa shape index (κ1) is 29.0. The average molecular weight is 562 g/mol. The molecule has 0 bridgehead atoms. The van der Waals surface area contributed by atoms with Crippen LogP contribution in [0.5, 0.6) is 0 Å². The molecule has 0 radical (unpaired) electrons. The van der Waals surface area contributed by atoms with Gasteiger partial charge in [0.05, 0.1) is 11.1 Å². The molecule has 2 heterocycles. The van der Waals surface area contributed by atoms with E-state index in [4.69, 9.17) is 28.4 Å². The first-order chi connectivity index (χ1) is 19.1. The van der Waals surface area contributed by atoms with Gasteiger partial charge in [0.1, 0.15) is 24.9 Å². The van der Waals surface area contributed by atoms with Gasteiger partial charge in [0.25, 0.3) is 11.8 Å². The quantitative estimate of drug-likeness (QED) is 0.272. The smallest absolute Gasteiger partial charge is 0.463 e. The number of imide groups is 1. The summed E-state index contributed by atoms with van der Waals surface area (Å²) in [4.78, 5) is 76.5. The highest BCUT2D eigenvalue weighted by Gasteiger charge is 2.58. The van der Waals surface area contributed by atoms with E-state index in [1.165, 1.54) is 12.1 Å². The fourth-order valence-corrected chi connectivity index (χ4v) is 5.17. The molecule has 1 aliphatic carbocycles. The minimum Gasteiger partial charge on any atom is -0.463 e. The summed E-state index contributed by atoms with van der Waals surface area (Å²) in [6.45, 7) is 2.82. The Hall–Kier alpha value is -4.00. The van der Waals surface area contributed by atoms with Crippen LogP contribution >= 0.6 is 0 Å². The van der Waals surface area contributed by atoms with Gasteiger partial charge in [-0.15, -0.1) is 0 Å². The second-order valence-corrected chi connectivity index (χ2v) is 9.76. The molecule has 1 aromatic carbocycles. The van der Waals surface area contributed by atoms with Gasteiger partial charge in [-0.05, 0) is 37.8 Å². The third-order valence-corrected chi connectivity index (χ3v) is 6.82. The molecule has 40 heavy (non-hydrogen) atoms. The normalized spacial score (nSPS) is 26.5. The second kappa shape index (κ2) is 12.5. The van der Waals surface area contributed by atoms with E-state index in [1.807, 2.05) is 0 Å². The summed E-state index contributed by atoms with van der Waals surface area (Å²) in [5, 5.41) is 0. The van der Waals surface area contributed by atoms with Gasteiger partial charge in [-0.25, -0.2) is 4.79 Å². The zero-order valence-electron chi connectivity index (χ0n) is 22.4. The summed E-state index contributed by atoms with van der Waals surface area (Å²) in [7, 11) is 0. The number of fused-ring (bicyclic) bond motifs is 1. The van der Waals surface area contributed by atoms with Crippen LogP contribution in [-0.2, 0) is 42.8 Å². The van der Waals surface area contributed by atoms with Gasteiger partial charge in [-0.1, -0.05) is 18.6 Å². The van der Waals surface area contributed by atoms with E-state index in [0.717, 1.165) is 44.9 Å². The maximum Gasteiger partial charge on any atom is 0.510 e. The first-order valence-corrected chi connectivity index (χ1v) is 13.0. The number of amides is 2. The third kappa shape index (κ3) is 6.41. The molecular weight excluding hydrogens is 530 g/mol. The maximum atomic E-state index is 13.5. The van der Waals surface area contributed by atoms with Crippen molar-refractivity contribution in [3.63, 3.8) is 0 Å². The van der Waals surface area contributed by atoms with E-state index >= 15 is 0 Å². The topological polar surface area (TPSA) is 161 Å². The summed E-state index contributed by atoms with van der Waals surface area (Å²) in [5.74, 6) is -3.87. The molecule has 0 unspecified atom stereocenters. The lowest BCUT2D eigenvalue weighted by Gasteiger charge is -2.46. The van der Waals surface area contributed by atoms with Crippen LogP contribution in [0.1, 0.15) is 73.6 Å². The Bertz CT molecular complexity index is 1140. The van der Waals surface area contributed by atoms with Gasteiger partial charge in [-0.2, -0.15) is 0 Å². The van der Waals surface area contributed by atoms with Crippen LogP contribution in [0.15, 0.2) is 24.3 Å². The lowest BCUT2D eigenvalue weighted by molar-refractivity contribution is -0.275. The van der Waals surface area contributed by atoms with E-state index in [1.54, 1.807) is 12.1 Å². The SMILES string of the molecule is CC(=O)OC[C@H]1O[C@@H](OC(=O)OC2CCCCC2)[C@H](N2C(=O)c3ccccc3C2=O)[C@@H](OC(C)=O)[C@@H]1OC(C)=O. The molecule has 4 rings (SSSR count). The number of benzene rings is 1. The Morgan fingerprint density at radius 1 is 0.800 bits per heavy atom. The van der Waals surface area contributed by atoms with E-state index < -0.39 is 79.2 Å². The van der Waals surface area contributed by atoms with Gasteiger partial charge in [0.2, 0.25) is 6.29 Å². The fourth-order valence-electron chi connectivity index (χ4n) is 5.17. The lowest BCUT2D eigenvalue weighted by atomic mass is 9.94. The maximum absolute atomic E-state index is 13.5. The molecule has 2 amide bonds. The van der Waals surface area contributed by atoms with Crippen LogP contribution in [0, 0.1) is 0 Å². The number of carbonyl (C=O) groups is 6. The number of rotatable bonds is 7. The third-order valence-electron chi connectivity index (χ3n) is 6.82. The summed E-state index contributed by atoms with van der Waals surface area (Å²) in [6.07, 6.45) is -3.54. The van der Waals surface area contributed by atoms with Crippen molar-refractivity contribution >= 4 is 35.9 Å². The fraction of sp³-hybridized carbons (Fsp3) is 0.556. The molecule has 216 valence electrons. The van der Waals surface area contributed by atoms with Crippen molar-refractivity contribution in [1.82, 2.24) is 4.90 Å². The molecule has 2 aliphatic heterocycles. The van der Waals surface area contributed by atoms with Crippen LogP contribution in [0.4, 0.5) is 4.79 Å². The van der Waals surface area contributed by atoms with Crippen LogP contribution in [0.2, 0.25) is 0 Å². The molecule has 1 saturated heterocycles. The first-order valence-electron chi connectivity index (χ1n) is 13.0. The summed E-state index contributed by atoms with van der Waals surface area (Å²) >= 11 is 0. The summed E-state index contributed by atoms with van der Waals surface area (Å²) < 4.78 is 32.9. The predicted octanol–water partition coefficient (Wildman–Crippen LogP) is 2.29. The van der Waals surface area contributed by atoms with Crippen molar-refractivity contribution in [3.05, 3.63) is 35.4 Å². The highest BCUT2D eigenvalue weighted by atomic mass is 16.8.